The monoisotopic (exact) mass is 238 g/mol. The topological polar surface area (TPSA) is 94.0 Å². The molecule has 0 saturated heterocycles. The molecule has 6 nitrogen and oxygen atoms in total. The Hall–Kier alpha value is -1.73. The van der Waals surface area contributed by atoms with Crippen LogP contribution in [0.25, 0.3) is 0 Å². The van der Waals surface area contributed by atoms with Crippen LogP contribution in [0.2, 0.25) is 0 Å². The van der Waals surface area contributed by atoms with E-state index in [-0.39, 0.29) is 17.7 Å². The van der Waals surface area contributed by atoms with Gasteiger partial charge in [0.05, 0.1) is 12.3 Å². The summed E-state index contributed by atoms with van der Waals surface area (Å²) in [6, 6.07) is 3.03. The van der Waals surface area contributed by atoms with Crippen molar-refractivity contribution in [2.45, 2.75) is 13.0 Å². The normalized spacial score (nSPS) is 12.4. The Morgan fingerprint density at radius 1 is 1.62 bits per heavy atom. The molecule has 0 fully saturated rings. The van der Waals surface area contributed by atoms with E-state index in [1.165, 1.54) is 17.6 Å². The molecule has 0 aliphatic rings. The zero-order valence-corrected chi connectivity index (χ0v) is 9.32. The van der Waals surface area contributed by atoms with E-state index in [4.69, 9.17) is 10.2 Å². The molecule has 1 unspecified atom stereocenters. The van der Waals surface area contributed by atoms with Gasteiger partial charge in [-0.25, -0.2) is 0 Å². The van der Waals surface area contributed by atoms with Gasteiger partial charge >= 0.3 is 0 Å². The zero-order valence-electron chi connectivity index (χ0n) is 8.51. The summed E-state index contributed by atoms with van der Waals surface area (Å²) >= 11 is 1.25. The number of amides is 1. The van der Waals surface area contributed by atoms with E-state index in [9.17, 15) is 4.79 Å². The number of anilines is 1. The van der Waals surface area contributed by atoms with E-state index in [1.807, 2.05) is 0 Å². The van der Waals surface area contributed by atoms with Crippen molar-refractivity contribution >= 4 is 22.4 Å². The van der Waals surface area contributed by atoms with Gasteiger partial charge in [-0.15, -0.1) is 10.2 Å². The second kappa shape index (κ2) is 4.42. The van der Waals surface area contributed by atoms with Crippen LogP contribution in [-0.2, 0) is 0 Å². The minimum absolute atomic E-state index is 0.188. The quantitative estimate of drug-likeness (QED) is 0.843. The highest BCUT2D eigenvalue weighted by molar-refractivity contribution is 7.15. The lowest BCUT2D eigenvalue weighted by molar-refractivity contribution is 0.0996. The van der Waals surface area contributed by atoms with Crippen molar-refractivity contribution in [1.29, 1.82) is 0 Å². The van der Waals surface area contributed by atoms with Crippen molar-refractivity contribution in [3.8, 4) is 0 Å². The number of furan rings is 1. The lowest BCUT2D eigenvalue weighted by Gasteiger charge is -1.96. The van der Waals surface area contributed by atoms with Gasteiger partial charge < -0.3 is 10.2 Å². The first kappa shape index (κ1) is 10.8. The second-order valence-electron chi connectivity index (χ2n) is 3.17. The van der Waals surface area contributed by atoms with Crippen LogP contribution in [0, 0.1) is 0 Å². The van der Waals surface area contributed by atoms with Crippen LogP contribution in [0.1, 0.15) is 28.5 Å². The van der Waals surface area contributed by atoms with E-state index in [1.54, 1.807) is 19.1 Å². The molecule has 1 amide bonds. The van der Waals surface area contributed by atoms with Crippen molar-refractivity contribution < 1.29 is 9.21 Å². The number of nitrogens with two attached hydrogens (primary N) is 1. The highest BCUT2D eigenvalue weighted by Crippen LogP contribution is 2.20. The van der Waals surface area contributed by atoms with Gasteiger partial charge in [-0.2, -0.15) is 0 Å². The number of hydrogen-bond acceptors (Lipinski definition) is 6. The molecule has 0 spiro atoms. The molecule has 2 aromatic heterocycles. The number of nitrogens with one attached hydrogen (secondary N) is 1. The molecule has 0 bridgehead atoms. The van der Waals surface area contributed by atoms with E-state index in [0.29, 0.717) is 10.1 Å². The van der Waals surface area contributed by atoms with Crippen LogP contribution >= 0.6 is 11.3 Å². The average Bonchev–Trinajstić information content (AvgIpc) is 2.87. The fourth-order valence-electron chi connectivity index (χ4n) is 1.04. The second-order valence-corrected chi connectivity index (χ2v) is 4.17. The molecule has 1 atom stereocenters. The van der Waals surface area contributed by atoms with Crippen molar-refractivity contribution in [1.82, 2.24) is 10.2 Å². The first-order chi connectivity index (χ1) is 7.66. The Balaban J connectivity index is 2.07. The van der Waals surface area contributed by atoms with Gasteiger partial charge in [-0.3, -0.25) is 10.1 Å². The Labute approximate surface area is 95.5 Å². The van der Waals surface area contributed by atoms with Crippen molar-refractivity contribution in [2.75, 3.05) is 5.32 Å². The number of rotatable bonds is 3. The Morgan fingerprint density at radius 2 is 2.44 bits per heavy atom. The summed E-state index contributed by atoms with van der Waals surface area (Å²) in [5.41, 5.74) is 5.63. The first-order valence-electron chi connectivity index (χ1n) is 4.60. The summed E-state index contributed by atoms with van der Waals surface area (Å²) in [4.78, 5) is 11.6. The maximum atomic E-state index is 11.6. The van der Waals surface area contributed by atoms with Gasteiger partial charge in [0.2, 0.25) is 5.13 Å². The van der Waals surface area contributed by atoms with E-state index >= 15 is 0 Å². The predicted molar refractivity (Wildman–Crippen MR) is 59.2 cm³/mol. The minimum Gasteiger partial charge on any atom is -0.459 e. The molecule has 3 N–H and O–H groups in total. The Bertz CT molecular complexity index is 477. The zero-order chi connectivity index (χ0) is 11.5. The standard InChI is InChI=1S/C9H10N4O2S/c1-5(10)8-12-13-9(16-8)11-7(14)6-3-2-4-15-6/h2-5H,10H2,1H3,(H,11,13,14). The maximum absolute atomic E-state index is 11.6. The van der Waals surface area contributed by atoms with Gasteiger partial charge in [0, 0.05) is 0 Å². The minimum atomic E-state index is -0.350. The summed E-state index contributed by atoms with van der Waals surface area (Å²) < 4.78 is 4.94. The van der Waals surface area contributed by atoms with Crippen molar-refractivity contribution in [2.24, 2.45) is 5.73 Å². The van der Waals surface area contributed by atoms with Crippen LogP contribution < -0.4 is 11.1 Å². The Morgan fingerprint density at radius 3 is 3.00 bits per heavy atom. The van der Waals surface area contributed by atoms with Gasteiger partial charge in [-0.05, 0) is 19.1 Å². The maximum Gasteiger partial charge on any atom is 0.293 e. The molecule has 2 aromatic rings. The molecule has 2 heterocycles. The predicted octanol–water partition coefficient (Wildman–Crippen LogP) is 1.40. The third-order valence-corrected chi connectivity index (χ3v) is 2.84. The van der Waals surface area contributed by atoms with Gasteiger partial charge in [0.25, 0.3) is 5.91 Å². The number of carbonyl (C=O) groups is 1. The largest absolute Gasteiger partial charge is 0.459 e. The number of aromatic nitrogens is 2. The lowest BCUT2D eigenvalue weighted by Crippen LogP contribution is -2.10. The van der Waals surface area contributed by atoms with E-state index in [0.717, 1.165) is 0 Å². The third-order valence-electron chi connectivity index (χ3n) is 1.80. The first-order valence-corrected chi connectivity index (χ1v) is 5.42. The van der Waals surface area contributed by atoms with Crippen LogP contribution in [0.5, 0.6) is 0 Å². The van der Waals surface area contributed by atoms with Crippen LogP contribution in [0.4, 0.5) is 5.13 Å². The lowest BCUT2D eigenvalue weighted by atomic mass is 10.4. The highest BCUT2D eigenvalue weighted by Gasteiger charge is 2.13. The summed E-state index contributed by atoms with van der Waals surface area (Å²) in [6.45, 7) is 1.80. The molecule has 16 heavy (non-hydrogen) atoms. The SMILES string of the molecule is CC(N)c1nnc(NC(=O)c2ccco2)s1. The number of carbonyl (C=O) groups excluding carboxylic acids is 1. The molecule has 0 saturated carbocycles. The molecule has 2 rings (SSSR count). The van der Waals surface area contributed by atoms with E-state index in [2.05, 4.69) is 15.5 Å². The van der Waals surface area contributed by atoms with Crippen LogP contribution in [0.3, 0.4) is 0 Å². The molecule has 7 heteroatoms. The molecule has 84 valence electrons. The van der Waals surface area contributed by atoms with Gasteiger partial charge in [0.1, 0.15) is 5.01 Å². The smallest absolute Gasteiger partial charge is 0.293 e. The Kier molecular flexibility index (Phi) is 2.97. The molecule has 0 aliphatic carbocycles. The summed E-state index contributed by atoms with van der Waals surface area (Å²) in [6.07, 6.45) is 1.43. The summed E-state index contributed by atoms with van der Waals surface area (Å²) in [7, 11) is 0. The van der Waals surface area contributed by atoms with Gasteiger partial charge in [0.15, 0.2) is 5.76 Å². The molecule has 0 radical (unpaired) electrons. The summed E-state index contributed by atoms with van der Waals surface area (Å²) in [5, 5.41) is 11.3. The number of nitrogens with zero attached hydrogens (tertiary/aromatic N) is 2. The van der Waals surface area contributed by atoms with Crippen LogP contribution in [-0.4, -0.2) is 16.1 Å². The number of hydrogen-bond donors (Lipinski definition) is 2. The third kappa shape index (κ3) is 2.26. The van der Waals surface area contributed by atoms with Crippen molar-refractivity contribution in [3.05, 3.63) is 29.2 Å². The van der Waals surface area contributed by atoms with Crippen LogP contribution in [0.15, 0.2) is 22.8 Å². The molecular weight excluding hydrogens is 228 g/mol. The fraction of sp³-hybridized carbons (Fsp3) is 0.222. The van der Waals surface area contributed by atoms with Gasteiger partial charge in [-0.1, -0.05) is 11.3 Å². The molecule has 0 aromatic carbocycles. The highest BCUT2D eigenvalue weighted by atomic mass is 32.1. The van der Waals surface area contributed by atoms with Crippen molar-refractivity contribution in [3.63, 3.8) is 0 Å². The van der Waals surface area contributed by atoms with E-state index < -0.39 is 0 Å². The molecule has 0 aliphatic heterocycles. The summed E-state index contributed by atoms with van der Waals surface area (Å²) in [5.74, 6) is -0.116. The average molecular weight is 238 g/mol. The fourth-order valence-corrected chi connectivity index (χ4v) is 1.73. The molecular formula is C9H10N4O2S.